The molecule has 2 aromatic carbocycles. The molecule has 0 bridgehead atoms. The highest BCUT2D eigenvalue weighted by atomic mass is 16.5. The smallest absolute Gasteiger partial charge is 0.219 e. The molecule has 148 valence electrons. The molecule has 3 N–H and O–H groups in total. The molecule has 1 fully saturated rings. The molecule has 3 rings (SSSR count). The van der Waals surface area contributed by atoms with Gasteiger partial charge in [0, 0.05) is 27.4 Å². The van der Waals surface area contributed by atoms with E-state index in [0.29, 0.717) is 6.61 Å². The minimum absolute atomic E-state index is 0. The minimum Gasteiger partial charge on any atom is -0.493 e. The maximum Gasteiger partial charge on any atom is 0.219 e. The number of nitrogens with zero attached hydrogens (tertiary/aromatic N) is 1. The molecule has 0 saturated carbocycles. The lowest BCUT2D eigenvalue weighted by Crippen LogP contribution is -2.52. The Labute approximate surface area is 163 Å². The summed E-state index contributed by atoms with van der Waals surface area (Å²) in [7, 11) is 0. The van der Waals surface area contributed by atoms with Crippen molar-refractivity contribution in [1.82, 2.24) is 10.2 Å². The van der Waals surface area contributed by atoms with E-state index in [-0.39, 0.29) is 7.47 Å². The second kappa shape index (κ2) is 9.33. The van der Waals surface area contributed by atoms with Gasteiger partial charge in [-0.1, -0.05) is 42.5 Å². The lowest BCUT2D eigenvalue weighted by atomic mass is 10.0. The average molecular weight is 373 g/mol. The van der Waals surface area contributed by atoms with Gasteiger partial charge in [-0.15, -0.1) is 0 Å². The standard InChI is InChI=1S/C22H30N2O3.H2/c1-22(25,26)23-20-11-14-24(15-12-20)17-19-7-9-21(10-8-19)27-16-13-18-5-3-2-4-6-18;/h2-10,20,23,25-26H,11-17H2,1H3;1H. The number of aliphatic hydroxyl groups is 2. The number of rotatable bonds is 8. The van der Waals surface area contributed by atoms with Crippen LogP contribution in [0.2, 0.25) is 0 Å². The maximum atomic E-state index is 9.44. The lowest BCUT2D eigenvalue weighted by molar-refractivity contribution is -0.178. The highest BCUT2D eigenvalue weighted by molar-refractivity contribution is 5.27. The maximum absolute atomic E-state index is 9.44. The van der Waals surface area contributed by atoms with Gasteiger partial charge < -0.3 is 14.9 Å². The summed E-state index contributed by atoms with van der Waals surface area (Å²) in [5.41, 5.74) is 2.56. The zero-order chi connectivity index (χ0) is 19.1. The third-order valence-corrected chi connectivity index (χ3v) is 4.90. The van der Waals surface area contributed by atoms with Crippen molar-refractivity contribution < 1.29 is 16.4 Å². The average Bonchev–Trinajstić information content (AvgIpc) is 2.64. The quantitative estimate of drug-likeness (QED) is 0.622. The van der Waals surface area contributed by atoms with Crippen molar-refractivity contribution in [2.75, 3.05) is 19.7 Å². The van der Waals surface area contributed by atoms with Crippen molar-refractivity contribution in [2.24, 2.45) is 0 Å². The molecule has 0 atom stereocenters. The van der Waals surface area contributed by atoms with Crippen molar-refractivity contribution in [3.05, 3.63) is 65.7 Å². The summed E-state index contributed by atoms with van der Waals surface area (Å²) >= 11 is 0. The Hall–Kier alpha value is -1.92. The van der Waals surface area contributed by atoms with Gasteiger partial charge in [0.05, 0.1) is 6.61 Å². The first-order valence-corrected chi connectivity index (χ1v) is 9.68. The molecule has 0 aromatic heterocycles. The van der Waals surface area contributed by atoms with Gasteiger partial charge in [0.15, 0.2) is 0 Å². The number of nitrogens with one attached hydrogen (secondary N) is 1. The predicted octanol–water partition coefficient (Wildman–Crippen LogP) is 2.77. The monoisotopic (exact) mass is 372 g/mol. The number of hydrogen-bond donors (Lipinski definition) is 3. The first-order valence-electron chi connectivity index (χ1n) is 9.68. The van der Waals surface area contributed by atoms with Crippen LogP contribution in [0.15, 0.2) is 54.6 Å². The molecule has 27 heavy (non-hydrogen) atoms. The summed E-state index contributed by atoms with van der Waals surface area (Å²) in [6.07, 6.45) is 2.74. The predicted molar refractivity (Wildman–Crippen MR) is 108 cm³/mol. The van der Waals surface area contributed by atoms with Crippen LogP contribution < -0.4 is 10.1 Å². The topological polar surface area (TPSA) is 65.0 Å². The SMILES string of the molecule is CC(O)(O)NC1CCN(Cc2ccc(OCCc3ccccc3)cc2)CC1.[HH]. The van der Waals surface area contributed by atoms with Crippen molar-refractivity contribution in [2.45, 2.75) is 44.7 Å². The fraction of sp³-hybridized carbons (Fsp3) is 0.455. The normalized spacial score (nSPS) is 16.4. The Balaban J connectivity index is 0.00000280. The van der Waals surface area contributed by atoms with Crippen LogP contribution >= 0.6 is 0 Å². The Bertz CT molecular complexity index is 681. The van der Waals surface area contributed by atoms with Gasteiger partial charge in [0.2, 0.25) is 5.91 Å². The third-order valence-electron chi connectivity index (χ3n) is 4.90. The molecule has 5 nitrogen and oxygen atoms in total. The minimum atomic E-state index is -1.79. The van der Waals surface area contributed by atoms with E-state index in [1.54, 1.807) is 0 Å². The van der Waals surface area contributed by atoms with Gasteiger partial charge in [-0.2, -0.15) is 0 Å². The number of likely N-dealkylation sites (tertiary alicyclic amines) is 1. The molecule has 1 aliphatic rings. The molecule has 2 aromatic rings. The van der Waals surface area contributed by atoms with Crippen molar-refractivity contribution in [1.29, 1.82) is 0 Å². The number of piperidine rings is 1. The Morgan fingerprint density at radius 2 is 1.70 bits per heavy atom. The van der Waals surface area contributed by atoms with Crippen LogP contribution in [0.25, 0.3) is 0 Å². The summed E-state index contributed by atoms with van der Waals surface area (Å²) in [5, 5.41) is 21.7. The van der Waals surface area contributed by atoms with Gasteiger partial charge in [-0.05, 0) is 49.2 Å². The van der Waals surface area contributed by atoms with E-state index in [1.807, 2.05) is 18.2 Å². The summed E-state index contributed by atoms with van der Waals surface area (Å²) in [6, 6.07) is 18.8. The van der Waals surface area contributed by atoms with E-state index < -0.39 is 5.91 Å². The van der Waals surface area contributed by atoms with Gasteiger partial charge in [0.1, 0.15) is 5.75 Å². The summed E-state index contributed by atoms with van der Waals surface area (Å²) in [6.45, 7) is 4.85. The first-order chi connectivity index (χ1) is 13.0. The first kappa shape index (κ1) is 19.8. The number of hydrogen-bond acceptors (Lipinski definition) is 5. The highest BCUT2D eigenvalue weighted by Crippen LogP contribution is 2.18. The second-order valence-corrected chi connectivity index (χ2v) is 7.44. The van der Waals surface area contributed by atoms with Crippen LogP contribution in [0.1, 0.15) is 32.3 Å². The molecule has 0 spiro atoms. The van der Waals surface area contributed by atoms with E-state index in [2.05, 4.69) is 46.6 Å². The van der Waals surface area contributed by atoms with Crippen LogP contribution in [0.3, 0.4) is 0 Å². The van der Waals surface area contributed by atoms with Crippen molar-refractivity contribution in [3.63, 3.8) is 0 Å². The Kier molecular flexibility index (Phi) is 6.85. The van der Waals surface area contributed by atoms with Gasteiger partial charge in [0.25, 0.3) is 0 Å². The molecule has 1 aliphatic heterocycles. The zero-order valence-electron chi connectivity index (χ0n) is 16.0. The van der Waals surface area contributed by atoms with Gasteiger partial charge in [-0.3, -0.25) is 10.2 Å². The van der Waals surface area contributed by atoms with E-state index in [9.17, 15) is 10.2 Å². The van der Waals surface area contributed by atoms with E-state index >= 15 is 0 Å². The zero-order valence-corrected chi connectivity index (χ0v) is 16.0. The molecular formula is C22H32N2O3. The number of ether oxygens (including phenoxy) is 1. The lowest BCUT2D eigenvalue weighted by Gasteiger charge is -2.34. The van der Waals surface area contributed by atoms with Crippen LogP contribution in [-0.2, 0) is 13.0 Å². The summed E-state index contributed by atoms with van der Waals surface area (Å²) < 4.78 is 5.85. The highest BCUT2D eigenvalue weighted by Gasteiger charge is 2.25. The molecule has 0 aliphatic carbocycles. The molecule has 1 saturated heterocycles. The molecule has 0 unspecified atom stereocenters. The van der Waals surface area contributed by atoms with E-state index in [4.69, 9.17) is 4.74 Å². The van der Waals surface area contributed by atoms with Crippen LogP contribution in [-0.4, -0.2) is 46.8 Å². The van der Waals surface area contributed by atoms with E-state index in [0.717, 1.165) is 44.6 Å². The fourth-order valence-electron chi connectivity index (χ4n) is 3.50. The molecule has 5 heteroatoms. The van der Waals surface area contributed by atoms with Gasteiger partial charge in [-0.25, -0.2) is 0 Å². The van der Waals surface area contributed by atoms with Gasteiger partial charge >= 0.3 is 0 Å². The summed E-state index contributed by atoms with van der Waals surface area (Å²) in [5.74, 6) is -0.883. The number of benzene rings is 2. The fourth-order valence-corrected chi connectivity index (χ4v) is 3.50. The second-order valence-electron chi connectivity index (χ2n) is 7.44. The molecule has 1 heterocycles. The largest absolute Gasteiger partial charge is 0.493 e. The van der Waals surface area contributed by atoms with Crippen molar-refractivity contribution in [3.8, 4) is 5.75 Å². The van der Waals surface area contributed by atoms with E-state index in [1.165, 1.54) is 18.1 Å². The third kappa shape index (κ3) is 6.96. The summed E-state index contributed by atoms with van der Waals surface area (Å²) in [4.78, 5) is 2.40. The molecule has 0 radical (unpaired) electrons. The Morgan fingerprint density at radius 1 is 1.04 bits per heavy atom. The van der Waals surface area contributed by atoms with Crippen LogP contribution in [0.5, 0.6) is 5.75 Å². The van der Waals surface area contributed by atoms with Crippen molar-refractivity contribution >= 4 is 0 Å². The Morgan fingerprint density at radius 3 is 2.33 bits per heavy atom. The van der Waals surface area contributed by atoms with Crippen LogP contribution in [0, 0.1) is 0 Å². The molecular weight excluding hydrogens is 340 g/mol. The molecule has 0 amide bonds. The van der Waals surface area contributed by atoms with Crippen LogP contribution in [0.4, 0.5) is 0 Å².